The van der Waals surface area contributed by atoms with Crippen LogP contribution in [0, 0.1) is 18.2 Å². The number of aryl methyl sites for hydroxylation is 1. The minimum Gasteiger partial charge on any atom is -0.392 e. The summed E-state index contributed by atoms with van der Waals surface area (Å²) < 4.78 is 19.6. The average molecular weight is 336 g/mol. The van der Waals surface area contributed by atoms with E-state index in [9.17, 15) is 14.3 Å². The molecule has 2 unspecified atom stereocenters. The Hall–Kier alpha value is -1.66. The predicted molar refractivity (Wildman–Crippen MR) is 89.4 cm³/mol. The number of halogens is 1. The minimum absolute atomic E-state index is 0.0801. The molecule has 2 atom stereocenters. The number of likely N-dealkylation sites (tertiary alicyclic amines) is 1. The maximum absolute atomic E-state index is 13.9. The molecule has 5 nitrogen and oxygen atoms in total. The van der Waals surface area contributed by atoms with Gasteiger partial charge in [0, 0.05) is 31.5 Å². The van der Waals surface area contributed by atoms with Crippen LogP contribution in [0.15, 0.2) is 18.2 Å². The van der Waals surface area contributed by atoms with Gasteiger partial charge in [-0.1, -0.05) is 12.1 Å². The van der Waals surface area contributed by atoms with E-state index in [1.54, 1.807) is 24.0 Å². The number of amides is 2. The highest BCUT2D eigenvalue weighted by Crippen LogP contribution is 2.50. The van der Waals surface area contributed by atoms with Crippen molar-refractivity contribution in [3.63, 3.8) is 0 Å². The van der Waals surface area contributed by atoms with Crippen LogP contribution in [0.2, 0.25) is 0 Å². The molecule has 0 radical (unpaired) electrons. The molecule has 132 valence electrons. The van der Waals surface area contributed by atoms with Gasteiger partial charge >= 0.3 is 6.03 Å². The van der Waals surface area contributed by atoms with Gasteiger partial charge in [-0.3, -0.25) is 0 Å². The molecule has 1 saturated heterocycles. The average Bonchev–Trinajstić information content (AvgIpc) is 2.58. The second-order valence-electron chi connectivity index (χ2n) is 6.78. The van der Waals surface area contributed by atoms with Crippen molar-refractivity contribution in [2.45, 2.75) is 45.3 Å². The van der Waals surface area contributed by atoms with Crippen LogP contribution >= 0.6 is 0 Å². The number of urea groups is 1. The molecule has 0 aromatic heterocycles. The van der Waals surface area contributed by atoms with Crippen molar-refractivity contribution >= 4 is 11.7 Å². The molecule has 0 bridgehead atoms. The smallest absolute Gasteiger partial charge is 0.321 e. The molecule has 1 spiro atoms. The first-order valence-electron chi connectivity index (χ1n) is 8.58. The molecule has 24 heavy (non-hydrogen) atoms. The molecule has 1 saturated carbocycles. The van der Waals surface area contributed by atoms with Gasteiger partial charge in [-0.05, 0) is 38.3 Å². The molecule has 1 heterocycles. The lowest BCUT2D eigenvalue weighted by Gasteiger charge is -2.56. The van der Waals surface area contributed by atoms with Gasteiger partial charge in [0.25, 0.3) is 0 Å². The third kappa shape index (κ3) is 2.89. The van der Waals surface area contributed by atoms with E-state index in [1.807, 2.05) is 6.92 Å². The zero-order valence-electron chi connectivity index (χ0n) is 14.2. The normalized spacial score (nSPS) is 25.4. The zero-order valence-corrected chi connectivity index (χ0v) is 14.2. The number of ether oxygens (including phenoxy) is 1. The number of benzene rings is 1. The van der Waals surface area contributed by atoms with Crippen molar-refractivity contribution in [3.05, 3.63) is 29.6 Å². The Morgan fingerprint density at radius 1 is 1.46 bits per heavy atom. The summed E-state index contributed by atoms with van der Waals surface area (Å²) in [4.78, 5) is 14.1. The molecular weight excluding hydrogens is 311 g/mol. The van der Waals surface area contributed by atoms with Gasteiger partial charge in [-0.2, -0.15) is 0 Å². The second-order valence-corrected chi connectivity index (χ2v) is 6.78. The van der Waals surface area contributed by atoms with E-state index in [4.69, 9.17) is 4.74 Å². The zero-order chi connectivity index (χ0) is 17.3. The van der Waals surface area contributed by atoms with Gasteiger partial charge in [-0.25, -0.2) is 9.18 Å². The Morgan fingerprint density at radius 3 is 2.75 bits per heavy atom. The highest BCUT2D eigenvalue weighted by atomic mass is 19.1. The third-order valence-electron chi connectivity index (χ3n) is 5.55. The summed E-state index contributed by atoms with van der Waals surface area (Å²) in [5.41, 5.74) is 0.710. The Labute approximate surface area is 141 Å². The van der Waals surface area contributed by atoms with Crippen molar-refractivity contribution in [2.75, 3.05) is 25.0 Å². The fourth-order valence-corrected chi connectivity index (χ4v) is 3.92. The number of nitrogens with zero attached hydrogens (tertiary/aromatic N) is 1. The van der Waals surface area contributed by atoms with Crippen LogP contribution < -0.4 is 5.32 Å². The lowest BCUT2D eigenvalue weighted by atomic mass is 9.58. The standard InChI is InChI=1S/C18H25FN2O3/c1-3-24-15-11-14(22)18(15)7-9-21(10-8-18)17(23)20-16-12(2)5-4-6-13(16)19/h4-6,14-15,22H,3,7-11H2,1-2H3,(H,20,23). The monoisotopic (exact) mass is 336 g/mol. The summed E-state index contributed by atoms with van der Waals surface area (Å²) in [7, 11) is 0. The van der Waals surface area contributed by atoms with Crippen LogP contribution in [-0.4, -0.2) is 47.9 Å². The molecule has 1 aromatic carbocycles. The summed E-state index contributed by atoms with van der Waals surface area (Å²) in [5.74, 6) is -0.428. The molecule has 2 amide bonds. The molecule has 3 rings (SSSR count). The summed E-state index contributed by atoms with van der Waals surface area (Å²) in [6, 6.07) is 4.43. The van der Waals surface area contributed by atoms with Crippen molar-refractivity contribution in [1.82, 2.24) is 4.90 Å². The van der Waals surface area contributed by atoms with Gasteiger partial charge in [0.15, 0.2) is 0 Å². The third-order valence-corrected chi connectivity index (χ3v) is 5.55. The Balaban J connectivity index is 1.61. The molecule has 2 fully saturated rings. The van der Waals surface area contributed by atoms with Crippen LogP contribution in [0.5, 0.6) is 0 Å². The van der Waals surface area contributed by atoms with Gasteiger partial charge < -0.3 is 20.1 Å². The van der Waals surface area contributed by atoms with Crippen LogP contribution in [0.4, 0.5) is 14.9 Å². The molecular formula is C18H25FN2O3. The van der Waals surface area contributed by atoms with E-state index in [0.29, 0.717) is 44.5 Å². The van der Waals surface area contributed by atoms with E-state index < -0.39 is 5.82 Å². The van der Waals surface area contributed by atoms with E-state index in [2.05, 4.69) is 5.32 Å². The summed E-state index contributed by atoms with van der Waals surface area (Å²) in [5, 5.41) is 12.9. The van der Waals surface area contributed by atoms with Gasteiger partial charge in [0.1, 0.15) is 5.82 Å². The number of anilines is 1. The summed E-state index contributed by atoms with van der Waals surface area (Å²) >= 11 is 0. The van der Waals surface area contributed by atoms with E-state index in [0.717, 1.165) is 0 Å². The Kier molecular flexibility index (Phi) is 4.78. The number of rotatable bonds is 3. The number of para-hydroxylation sites is 1. The van der Waals surface area contributed by atoms with Gasteiger partial charge in [0.05, 0.1) is 17.9 Å². The molecule has 1 aromatic rings. The molecule has 2 N–H and O–H groups in total. The number of carbonyl (C=O) groups is 1. The lowest BCUT2D eigenvalue weighted by molar-refractivity contribution is -0.207. The predicted octanol–water partition coefficient (Wildman–Crippen LogP) is 2.92. The van der Waals surface area contributed by atoms with E-state index >= 15 is 0 Å². The maximum Gasteiger partial charge on any atom is 0.321 e. The highest BCUT2D eigenvalue weighted by Gasteiger charge is 2.56. The van der Waals surface area contributed by atoms with Gasteiger partial charge in [0.2, 0.25) is 0 Å². The number of piperidine rings is 1. The largest absolute Gasteiger partial charge is 0.392 e. The second kappa shape index (κ2) is 6.69. The van der Waals surface area contributed by atoms with Crippen LogP contribution in [0.3, 0.4) is 0 Å². The molecule has 2 aliphatic rings. The maximum atomic E-state index is 13.9. The number of aliphatic hydroxyl groups is 1. The van der Waals surface area contributed by atoms with Crippen LogP contribution in [-0.2, 0) is 4.74 Å². The Bertz CT molecular complexity index is 592. The van der Waals surface area contributed by atoms with Crippen LogP contribution in [0.1, 0.15) is 31.7 Å². The van der Waals surface area contributed by atoms with Crippen molar-refractivity contribution in [2.24, 2.45) is 5.41 Å². The summed E-state index contributed by atoms with van der Waals surface area (Å²) in [6.07, 6.45) is 1.82. The summed E-state index contributed by atoms with van der Waals surface area (Å²) in [6.45, 7) is 5.44. The van der Waals surface area contributed by atoms with Crippen molar-refractivity contribution in [3.8, 4) is 0 Å². The van der Waals surface area contributed by atoms with E-state index in [-0.39, 0.29) is 29.3 Å². The fourth-order valence-electron chi connectivity index (χ4n) is 3.92. The number of nitrogens with one attached hydrogen (secondary N) is 1. The number of carbonyl (C=O) groups excluding carboxylic acids is 1. The molecule has 1 aliphatic carbocycles. The van der Waals surface area contributed by atoms with Crippen molar-refractivity contribution in [1.29, 1.82) is 0 Å². The first-order chi connectivity index (χ1) is 11.5. The SMILES string of the molecule is CCOC1CC(O)C12CCN(C(=O)Nc1c(C)cccc1F)CC2. The highest BCUT2D eigenvalue weighted by molar-refractivity contribution is 5.90. The lowest BCUT2D eigenvalue weighted by Crippen LogP contribution is -2.63. The minimum atomic E-state index is -0.428. The van der Waals surface area contributed by atoms with E-state index in [1.165, 1.54) is 6.07 Å². The molecule has 6 heteroatoms. The van der Waals surface area contributed by atoms with Crippen LogP contribution in [0.25, 0.3) is 0 Å². The van der Waals surface area contributed by atoms with Crippen molar-refractivity contribution < 1.29 is 19.0 Å². The first-order valence-corrected chi connectivity index (χ1v) is 8.58. The Morgan fingerprint density at radius 2 is 2.17 bits per heavy atom. The topological polar surface area (TPSA) is 61.8 Å². The first kappa shape index (κ1) is 17.2. The molecule has 1 aliphatic heterocycles. The quantitative estimate of drug-likeness (QED) is 0.892. The fraction of sp³-hybridized carbons (Fsp3) is 0.611. The van der Waals surface area contributed by atoms with Gasteiger partial charge in [-0.15, -0.1) is 0 Å². The number of hydrogen-bond acceptors (Lipinski definition) is 3. The number of aliphatic hydroxyl groups excluding tert-OH is 1. The number of hydrogen-bond donors (Lipinski definition) is 2.